The molecule has 3 N–H and O–H groups in total. The Morgan fingerprint density at radius 1 is 1.20 bits per heavy atom. The lowest BCUT2D eigenvalue weighted by Gasteiger charge is -2.46. The molecule has 1 saturated heterocycles. The van der Waals surface area contributed by atoms with Gasteiger partial charge in [-0.1, -0.05) is 36.4 Å². The van der Waals surface area contributed by atoms with Gasteiger partial charge < -0.3 is 20.5 Å². The van der Waals surface area contributed by atoms with Gasteiger partial charge in [0.1, 0.15) is 17.3 Å². The molecule has 5 rings (SSSR count). The van der Waals surface area contributed by atoms with Crippen molar-refractivity contribution in [3.63, 3.8) is 0 Å². The van der Waals surface area contributed by atoms with E-state index >= 15 is 0 Å². The fraction of sp³-hybridized carbons (Fsp3) is 0.370. The summed E-state index contributed by atoms with van der Waals surface area (Å²) in [7, 11) is 1.54. The molecule has 0 unspecified atom stereocenters. The molecule has 35 heavy (non-hydrogen) atoms. The first-order valence-electron chi connectivity index (χ1n) is 11.9. The summed E-state index contributed by atoms with van der Waals surface area (Å²) in [6.45, 7) is 2.07. The van der Waals surface area contributed by atoms with Crippen molar-refractivity contribution in [2.75, 3.05) is 26.1 Å². The van der Waals surface area contributed by atoms with E-state index in [1.54, 1.807) is 25.3 Å². The van der Waals surface area contributed by atoms with Crippen LogP contribution in [0.1, 0.15) is 58.0 Å². The van der Waals surface area contributed by atoms with Crippen molar-refractivity contribution in [1.29, 1.82) is 0 Å². The predicted octanol–water partition coefficient (Wildman–Crippen LogP) is 4.02. The second-order valence-corrected chi connectivity index (χ2v) is 9.51. The summed E-state index contributed by atoms with van der Waals surface area (Å²) < 4.78 is 12.5. The largest absolute Gasteiger partial charge is 0.496 e. The molecular weight excluding hydrogens is 444 g/mol. The van der Waals surface area contributed by atoms with Crippen molar-refractivity contribution >= 4 is 18.0 Å². The third-order valence-corrected chi connectivity index (χ3v) is 7.31. The number of carbonyl (C=O) groups excluding carboxylic acids is 2. The van der Waals surface area contributed by atoms with Crippen molar-refractivity contribution in [3.05, 3.63) is 65.2 Å². The molecule has 1 aromatic heterocycles. The highest BCUT2D eigenvalue weighted by Gasteiger charge is 2.42. The molecule has 1 aliphatic heterocycles. The van der Waals surface area contributed by atoms with Gasteiger partial charge in [0.05, 0.1) is 37.5 Å². The summed E-state index contributed by atoms with van der Waals surface area (Å²) in [5.74, 6) is 0.752. The Morgan fingerprint density at radius 3 is 2.54 bits per heavy atom. The van der Waals surface area contributed by atoms with Crippen LogP contribution in [0.3, 0.4) is 0 Å². The minimum atomic E-state index is -0.205. The number of rotatable bonds is 7. The maximum Gasteiger partial charge on any atom is 0.255 e. The van der Waals surface area contributed by atoms with Gasteiger partial charge in [0.25, 0.3) is 5.91 Å². The molecule has 1 aliphatic carbocycles. The molecule has 1 spiro atoms. The Hall–Kier alpha value is -3.65. The van der Waals surface area contributed by atoms with E-state index in [2.05, 4.69) is 5.32 Å². The number of anilines is 1. The van der Waals surface area contributed by atoms with Crippen LogP contribution in [-0.2, 0) is 11.3 Å². The molecule has 2 aromatic carbocycles. The number of methoxy groups -OCH3 is 1. The second-order valence-electron chi connectivity index (χ2n) is 9.51. The van der Waals surface area contributed by atoms with Crippen molar-refractivity contribution < 1.29 is 19.1 Å². The Morgan fingerprint density at radius 2 is 1.91 bits per heavy atom. The first kappa shape index (κ1) is 23.1. The Balaban J connectivity index is 1.28. The molecular formula is C27H30N4O4. The molecule has 2 fully saturated rings. The van der Waals surface area contributed by atoms with Crippen LogP contribution >= 0.6 is 0 Å². The zero-order valence-corrected chi connectivity index (χ0v) is 19.8. The van der Waals surface area contributed by atoms with Crippen LogP contribution in [0.4, 0.5) is 5.82 Å². The van der Waals surface area contributed by atoms with Gasteiger partial charge in [-0.25, -0.2) is 4.68 Å². The van der Waals surface area contributed by atoms with Crippen LogP contribution < -0.4 is 15.8 Å². The normalized spacial score (nSPS) is 17.1. The van der Waals surface area contributed by atoms with Gasteiger partial charge in [-0.05, 0) is 43.4 Å². The number of hydrogen-bond acceptors (Lipinski definition) is 6. The second kappa shape index (κ2) is 9.54. The third kappa shape index (κ3) is 4.41. The number of amides is 1. The average Bonchev–Trinajstić information content (AvgIpc) is 3.22. The third-order valence-electron chi connectivity index (χ3n) is 7.31. The topological polar surface area (TPSA) is 108 Å². The SMILES string of the molecule is COc1ccccc1C(=O)NCc1ccc(-c2nn(C3CCC4(CC3)COC4)c(N)c2C=O)cc1. The fourth-order valence-electron chi connectivity index (χ4n) is 5.10. The number of carbonyl (C=O) groups is 2. The number of nitrogens with zero attached hydrogens (tertiary/aromatic N) is 2. The molecule has 0 atom stereocenters. The smallest absolute Gasteiger partial charge is 0.255 e. The lowest BCUT2D eigenvalue weighted by Crippen LogP contribution is -2.45. The van der Waals surface area contributed by atoms with Gasteiger partial charge in [-0.2, -0.15) is 5.10 Å². The summed E-state index contributed by atoms with van der Waals surface area (Å²) >= 11 is 0. The molecule has 2 aliphatic rings. The summed E-state index contributed by atoms with van der Waals surface area (Å²) in [5, 5.41) is 7.69. The van der Waals surface area contributed by atoms with Crippen molar-refractivity contribution in [2.24, 2.45) is 5.41 Å². The van der Waals surface area contributed by atoms with Crippen molar-refractivity contribution in [1.82, 2.24) is 15.1 Å². The van der Waals surface area contributed by atoms with Gasteiger partial charge in [-0.15, -0.1) is 0 Å². The molecule has 3 aromatic rings. The standard InChI is InChI=1S/C27H30N4O4/c1-34-23-5-3-2-4-21(23)26(33)29-14-18-6-8-19(9-7-18)24-22(15-32)25(28)31(30-24)20-10-12-27(13-11-20)16-35-17-27/h2-9,15,20H,10-14,16-17,28H2,1H3,(H,29,33). The van der Waals surface area contributed by atoms with E-state index < -0.39 is 0 Å². The highest BCUT2D eigenvalue weighted by molar-refractivity contribution is 5.97. The maximum absolute atomic E-state index is 12.6. The fourth-order valence-corrected chi connectivity index (χ4v) is 5.10. The van der Waals surface area contributed by atoms with E-state index in [-0.39, 0.29) is 11.9 Å². The number of nitrogen functional groups attached to an aromatic ring is 1. The first-order valence-corrected chi connectivity index (χ1v) is 11.9. The van der Waals surface area contributed by atoms with E-state index in [1.807, 2.05) is 35.0 Å². The molecule has 182 valence electrons. The number of benzene rings is 2. The van der Waals surface area contributed by atoms with Crippen molar-refractivity contribution in [2.45, 2.75) is 38.3 Å². The zero-order chi connectivity index (χ0) is 24.4. The number of aldehydes is 1. The monoisotopic (exact) mass is 474 g/mol. The summed E-state index contributed by atoms with van der Waals surface area (Å²) in [6, 6.07) is 15.0. The van der Waals surface area contributed by atoms with E-state index in [9.17, 15) is 9.59 Å². The summed E-state index contributed by atoms with van der Waals surface area (Å²) in [6.07, 6.45) is 4.95. The highest BCUT2D eigenvalue weighted by Crippen LogP contribution is 2.46. The zero-order valence-electron chi connectivity index (χ0n) is 19.8. The molecule has 2 heterocycles. The lowest BCUT2D eigenvalue weighted by molar-refractivity contribution is -0.135. The van der Waals surface area contributed by atoms with E-state index in [0.717, 1.165) is 56.3 Å². The quantitative estimate of drug-likeness (QED) is 0.501. The molecule has 0 radical (unpaired) electrons. The van der Waals surface area contributed by atoms with Gasteiger partial charge in [0.15, 0.2) is 6.29 Å². The van der Waals surface area contributed by atoms with Crippen molar-refractivity contribution in [3.8, 4) is 17.0 Å². The van der Waals surface area contributed by atoms with Crippen LogP contribution in [0, 0.1) is 5.41 Å². The number of nitrogens with one attached hydrogen (secondary N) is 1. The minimum Gasteiger partial charge on any atom is -0.496 e. The summed E-state index contributed by atoms with van der Waals surface area (Å²) in [4.78, 5) is 24.5. The van der Waals surface area contributed by atoms with Gasteiger partial charge in [-0.3, -0.25) is 9.59 Å². The molecule has 8 heteroatoms. The number of nitrogens with two attached hydrogens (primary N) is 1. The lowest BCUT2D eigenvalue weighted by atomic mass is 9.71. The van der Waals surface area contributed by atoms with Crippen LogP contribution in [0.25, 0.3) is 11.3 Å². The number of para-hydroxylation sites is 1. The number of aromatic nitrogens is 2. The molecule has 1 amide bonds. The molecule has 8 nitrogen and oxygen atoms in total. The van der Waals surface area contributed by atoms with Gasteiger partial charge in [0, 0.05) is 17.5 Å². The molecule has 0 bridgehead atoms. The average molecular weight is 475 g/mol. The Kier molecular flexibility index (Phi) is 6.30. The Labute approximate surface area is 204 Å². The van der Waals surface area contributed by atoms with Gasteiger partial charge in [0.2, 0.25) is 0 Å². The number of hydrogen-bond donors (Lipinski definition) is 2. The van der Waals surface area contributed by atoms with E-state index in [0.29, 0.717) is 40.3 Å². The van der Waals surface area contributed by atoms with Gasteiger partial charge >= 0.3 is 0 Å². The van der Waals surface area contributed by atoms with Crippen LogP contribution in [0.5, 0.6) is 5.75 Å². The van der Waals surface area contributed by atoms with Crippen LogP contribution in [0.2, 0.25) is 0 Å². The maximum atomic E-state index is 12.6. The first-order chi connectivity index (χ1) is 17.0. The highest BCUT2D eigenvalue weighted by atomic mass is 16.5. The number of ether oxygens (including phenoxy) is 2. The van der Waals surface area contributed by atoms with E-state index in [4.69, 9.17) is 20.3 Å². The minimum absolute atomic E-state index is 0.193. The van der Waals surface area contributed by atoms with E-state index in [1.165, 1.54) is 0 Å². The Bertz CT molecular complexity index is 1220. The summed E-state index contributed by atoms with van der Waals surface area (Å²) in [5.41, 5.74) is 9.96. The predicted molar refractivity (Wildman–Crippen MR) is 132 cm³/mol. The molecule has 1 saturated carbocycles. The van der Waals surface area contributed by atoms with Crippen LogP contribution in [-0.4, -0.2) is 42.3 Å². The van der Waals surface area contributed by atoms with Crippen LogP contribution in [0.15, 0.2) is 48.5 Å².